The average molecular weight is 213 g/mol. The Morgan fingerprint density at radius 2 is 2.00 bits per heavy atom. The molecule has 0 aromatic heterocycles. The smallest absolute Gasteiger partial charge is 0.341 e. The van der Waals surface area contributed by atoms with Crippen molar-refractivity contribution >= 4 is 25.0 Å². The van der Waals surface area contributed by atoms with Crippen LogP contribution in [0, 0.1) is 21.7 Å². The molecule has 0 aliphatic rings. The number of carbonyl (C=O) groups is 1. The highest BCUT2D eigenvalue weighted by molar-refractivity contribution is 6.33. The van der Waals surface area contributed by atoms with Crippen molar-refractivity contribution in [1.29, 1.82) is 0 Å². The van der Waals surface area contributed by atoms with Crippen LogP contribution in [0.1, 0.15) is 10.4 Å². The maximum atomic E-state index is 13.1. The number of nitro benzene ring substituents is 1. The normalized spacial score (nSPS) is 10.0. The predicted octanol–water partition coefficient (Wildman–Crippen LogP) is 0.365. The Balaban J connectivity index is 3.63. The van der Waals surface area contributed by atoms with E-state index in [1.807, 2.05) is 0 Å². The highest BCUT2D eigenvalue weighted by Gasteiger charge is 2.27. The van der Waals surface area contributed by atoms with Crippen molar-refractivity contribution in [1.82, 2.24) is 0 Å². The van der Waals surface area contributed by atoms with Gasteiger partial charge in [-0.15, -0.1) is 0 Å². The van der Waals surface area contributed by atoms with Crippen LogP contribution >= 0.6 is 0 Å². The number of carboxylic acid groups (broad SMARTS) is 1. The number of nitrogens with zero attached hydrogens (tertiary/aromatic N) is 1. The summed E-state index contributed by atoms with van der Waals surface area (Å²) in [6, 6.07) is 0.428. The lowest BCUT2D eigenvalue weighted by atomic mass is 9.92. The number of benzene rings is 1. The van der Waals surface area contributed by atoms with Crippen LogP contribution in [0.15, 0.2) is 6.07 Å². The summed E-state index contributed by atoms with van der Waals surface area (Å²) in [5, 5.41) is 18.7. The zero-order valence-corrected chi connectivity index (χ0v) is 7.03. The molecule has 0 saturated heterocycles. The van der Waals surface area contributed by atoms with Gasteiger partial charge in [0.2, 0.25) is 5.82 Å². The SMILES string of the molecule is [B]c1cc([N+](=O)[O-])c(F)c(C(=O)O)c1F. The van der Waals surface area contributed by atoms with Gasteiger partial charge in [-0.25, -0.2) is 9.18 Å². The molecule has 1 N–H and O–H groups in total. The molecule has 0 aliphatic carbocycles. The van der Waals surface area contributed by atoms with Gasteiger partial charge in [0, 0.05) is 6.07 Å². The van der Waals surface area contributed by atoms with Crippen molar-refractivity contribution in [2.75, 3.05) is 0 Å². The van der Waals surface area contributed by atoms with Crippen LogP contribution < -0.4 is 5.46 Å². The summed E-state index contributed by atoms with van der Waals surface area (Å²) in [4.78, 5) is 19.5. The van der Waals surface area contributed by atoms with Crippen LogP contribution in [0.4, 0.5) is 14.5 Å². The molecule has 15 heavy (non-hydrogen) atoms. The fourth-order valence-corrected chi connectivity index (χ4v) is 0.963. The van der Waals surface area contributed by atoms with Gasteiger partial charge in [0.15, 0.2) is 0 Å². The number of rotatable bonds is 2. The summed E-state index contributed by atoms with van der Waals surface area (Å²) in [5.41, 5.74) is -3.39. The minimum Gasteiger partial charge on any atom is -0.477 e. The molecule has 0 aliphatic heterocycles. The summed E-state index contributed by atoms with van der Waals surface area (Å²) < 4.78 is 26.1. The fourth-order valence-electron chi connectivity index (χ4n) is 0.963. The molecule has 2 radical (unpaired) electrons. The van der Waals surface area contributed by atoms with Gasteiger partial charge in [0.05, 0.1) is 4.92 Å². The Bertz CT molecular complexity index is 463. The third-order valence-electron chi connectivity index (χ3n) is 1.62. The molecular weight excluding hydrogens is 211 g/mol. The molecule has 0 bridgehead atoms. The van der Waals surface area contributed by atoms with Gasteiger partial charge in [0.25, 0.3) is 0 Å². The highest BCUT2D eigenvalue weighted by Crippen LogP contribution is 2.21. The average Bonchev–Trinajstić information content (AvgIpc) is 2.10. The number of carboxylic acids is 1. The molecule has 1 aromatic carbocycles. The van der Waals surface area contributed by atoms with Gasteiger partial charge < -0.3 is 5.11 Å². The first kappa shape index (κ1) is 11.1. The van der Waals surface area contributed by atoms with Crippen molar-refractivity contribution < 1.29 is 23.6 Å². The predicted molar refractivity (Wildman–Crippen MR) is 45.4 cm³/mol. The quantitative estimate of drug-likeness (QED) is 0.437. The first-order valence-electron chi connectivity index (χ1n) is 3.51. The van der Waals surface area contributed by atoms with Crippen LogP contribution in [-0.4, -0.2) is 23.8 Å². The van der Waals surface area contributed by atoms with Crippen LogP contribution in [-0.2, 0) is 0 Å². The van der Waals surface area contributed by atoms with E-state index in [-0.39, 0.29) is 0 Å². The number of nitro groups is 1. The van der Waals surface area contributed by atoms with Crippen LogP contribution in [0.25, 0.3) is 0 Å². The van der Waals surface area contributed by atoms with Gasteiger partial charge in [-0.1, -0.05) is 5.46 Å². The molecule has 0 saturated carbocycles. The Kier molecular flexibility index (Phi) is 2.69. The number of hydrogen-bond donors (Lipinski definition) is 1. The second-order valence-corrected chi connectivity index (χ2v) is 2.55. The van der Waals surface area contributed by atoms with E-state index in [4.69, 9.17) is 13.0 Å². The van der Waals surface area contributed by atoms with E-state index in [1.165, 1.54) is 0 Å². The van der Waals surface area contributed by atoms with E-state index in [0.29, 0.717) is 6.07 Å². The first-order valence-corrected chi connectivity index (χ1v) is 3.51. The van der Waals surface area contributed by atoms with Crippen molar-refractivity contribution in [3.8, 4) is 0 Å². The minimum atomic E-state index is -1.96. The Morgan fingerprint density at radius 1 is 1.47 bits per heavy atom. The maximum absolute atomic E-state index is 13.1. The van der Waals surface area contributed by atoms with E-state index in [2.05, 4.69) is 0 Å². The standard InChI is InChI=1S/C7H2BF2NO4/c8-2-1-3(11(14)15)6(10)4(5(2)9)7(12)13/h1H,(H,12,13). The monoisotopic (exact) mass is 213 g/mol. The minimum absolute atomic E-state index is 0.428. The maximum Gasteiger partial charge on any atom is 0.341 e. The second kappa shape index (κ2) is 3.64. The van der Waals surface area contributed by atoms with E-state index >= 15 is 0 Å². The van der Waals surface area contributed by atoms with E-state index in [9.17, 15) is 23.7 Å². The molecule has 0 unspecified atom stereocenters. The summed E-state index contributed by atoms with van der Waals surface area (Å²) in [6.07, 6.45) is 0. The van der Waals surface area contributed by atoms with Crippen molar-refractivity contribution in [2.24, 2.45) is 0 Å². The lowest BCUT2D eigenvalue weighted by Gasteiger charge is -2.03. The molecule has 76 valence electrons. The Labute approximate surface area is 82.9 Å². The van der Waals surface area contributed by atoms with Crippen LogP contribution in [0.2, 0.25) is 0 Å². The Hall–Kier alpha value is -1.99. The van der Waals surface area contributed by atoms with Gasteiger partial charge >= 0.3 is 11.7 Å². The number of halogens is 2. The third-order valence-corrected chi connectivity index (χ3v) is 1.62. The number of aromatic carboxylic acids is 1. The van der Waals surface area contributed by atoms with E-state index in [0.717, 1.165) is 0 Å². The van der Waals surface area contributed by atoms with Crippen molar-refractivity contribution in [2.45, 2.75) is 0 Å². The molecule has 0 atom stereocenters. The first-order chi connectivity index (χ1) is 6.86. The molecule has 5 nitrogen and oxygen atoms in total. The molecule has 8 heteroatoms. The van der Waals surface area contributed by atoms with Gasteiger partial charge in [0.1, 0.15) is 19.2 Å². The molecule has 1 rings (SSSR count). The molecule has 0 amide bonds. The van der Waals surface area contributed by atoms with Gasteiger partial charge in [-0.2, -0.15) is 4.39 Å². The third kappa shape index (κ3) is 1.78. The van der Waals surface area contributed by atoms with Crippen LogP contribution in [0.5, 0.6) is 0 Å². The summed E-state index contributed by atoms with van der Waals surface area (Å²) in [7, 11) is 4.96. The van der Waals surface area contributed by atoms with E-state index < -0.39 is 39.2 Å². The van der Waals surface area contributed by atoms with Crippen LogP contribution in [0.3, 0.4) is 0 Å². The lowest BCUT2D eigenvalue weighted by Crippen LogP contribution is -2.18. The molecule has 0 spiro atoms. The molecular formula is C7H2BF2NO4. The molecule has 1 aromatic rings. The zero-order valence-electron chi connectivity index (χ0n) is 7.03. The second-order valence-electron chi connectivity index (χ2n) is 2.55. The van der Waals surface area contributed by atoms with Crippen molar-refractivity contribution in [3.05, 3.63) is 33.4 Å². The largest absolute Gasteiger partial charge is 0.477 e. The molecule has 0 heterocycles. The van der Waals surface area contributed by atoms with E-state index in [1.54, 1.807) is 0 Å². The molecule has 0 fully saturated rings. The summed E-state index contributed by atoms with van der Waals surface area (Å²) in [6.45, 7) is 0. The zero-order chi connectivity index (χ0) is 11.7. The lowest BCUT2D eigenvalue weighted by molar-refractivity contribution is -0.387. The fraction of sp³-hybridized carbons (Fsp3) is 0. The van der Waals surface area contributed by atoms with Crippen molar-refractivity contribution in [3.63, 3.8) is 0 Å². The number of hydrogen-bond acceptors (Lipinski definition) is 3. The van der Waals surface area contributed by atoms with Gasteiger partial charge in [-0.3, -0.25) is 10.1 Å². The summed E-state index contributed by atoms with van der Waals surface area (Å²) in [5.74, 6) is -5.23. The summed E-state index contributed by atoms with van der Waals surface area (Å²) >= 11 is 0. The van der Waals surface area contributed by atoms with Gasteiger partial charge in [-0.05, 0) is 0 Å². The topological polar surface area (TPSA) is 80.4 Å². The Morgan fingerprint density at radius 3 is 2.40 bits per heavy atom. The highest BCUT2D eigenvalue weighted by atomic mass is 19.1.